The lowest BCUT2D eigenvalue weighted by Gasteiger charge is -2.35. The number of ether oxygens (including phenoxy) is 1. The first-order valence-electron chi connectivity index (χ1n) is 9.29. The van der Waals surface area contributed by atoms with Crippen molar-refractivity contribution in [2.75, 3.05) is 6.54 Å². The van der Waals surface area contributed by atoms with Crippen LogP contribution in [-0.2, 0) is 16.0 Å². The van der Waals surface area contributed by atoms with E-state index in [1.807, 2.05) is 24.3 Å². The lowest BCUT2D eigenvalue weighted by atomic mass is 10.1. The molecule has 1 amide bonds. The highest BCUT2D eigenvalue weighted by atomic mass is 32.1. The zero-order valence-electron chi connectivity index (χ0n) is 15.2. The fourth-order valence-electron chi connectivity index (χ4n) is 3.20. The monoisotopic (exact) mass is 381 g/mol. The lowest BCUT2D eigenvalue weighted by molar-refractivity contribution is -0.137. The normalized spacial score (nSPS) is 16.6. The van der Waals surface area contributed by atoms with Crippen molar-refractivity contribution in [3.05, 3.63) is 71.8 Å². The molecule has 0 aliphatic carbocycles. The van der Waals surface area contributed by atoms with Crippen LogP contribution in [0.15, 0.2) is 60.7 Å². The van der Waals surface area contributed by atoms with Crippen molar-refractivity contribution in [3.63, 3.8) is 0 Å². The van der Waals surface area contributed by atoms with Crippen LogP contribution in [-0.4, -0.2) is 34.4 Å². The zero-order chi connectivity index (χ0) is 19.1. The van der Waals surface area contributed by atoms with Gasteiger partial charge in [-0.2, -0.15) is 0 Å². The van der Waals surface area contributed by atoms with Gasteiger partial charge in [0.05, 0.1) is 0 Å². The van der Waals surface area contributed by atoms with Crippen LogP contribution in [0.3, 0.4) is 0 Å². The van der Waals surface area contributed by atoms with E-state index in [2.05, 4.69) is 12.1 Å². The van der Waals surface area contributed by atoms with Crippen molar-refractivity contribution in [1.82, 2.24) is 4.90 Å². The molecule has 0 radical (unpaired) electrons. The molecule has 1 heterocycles. The van der Waals surface area contributed by atoms with E-state index < -0.39 is 17.9 Å². The number of ketones is 1. The van der Waals surface area contributed by atoms with Gasteiger partial charge in [0.2, 0.25) is 5.78 Å². The van der Waals surface area contributed by atoms with E-state index >= 15 is 0 Å². The minimum absolute atomic E-state index is 0.401. The number of hydrogen-bond acceptors (Lipinski definition) is 4. The predicted octanol–water partition coefficient (Wildman–Crippen LogP) is 4.18. The molecule has 0 N–H and O–H groups in total. The summed E-state index contributed by atoms with van der Waals surface area (Å²) in [5.41, 5.74) is 1.60. The third kappa shape index (κ3) is 5.23. The van der Waals surface area contributed by atoms with Crippen molar-refractivity contribution < 1.29 is 14.3 Å². The van der Waals surface area contributed by atoms with Crippen LogP contribution >= 0.6 is 12.2 Å². The maximum atomic E-state index is 12.7. The SMILES string of the molecule is O=C(C(=O)N1CCCCC1OC(=S)CCc1ccccc1)c1ccccc1. The number of aryl methyl sites for hydroxylation is 1. The Morgan fingerprint density at radius 3 is 2.37 bits per heavy atom. The van der Waals surface area contributed by atoms with Gasteiger partial charge in [-0.15, -0.1) is 0 Å². The fraction of sp³-hybridized carbons (Fsp3) is 0.318. The molecule has 1 saturated heterocycles. The molecule has 4 nitrogen and oxygen atoms in total. The van der Waals surface area contributed by atoms with Crippen molar-refractivity contribution >= 4 is 29.0 Å². The number of carbonyl (C=O) groups is 2. The maximum Gasteiger partial charge on any atom is 0.297 e. The summed E-state index contributed by atoms with van der Waals surface area (Å²) in [5.74, 6) is -1.02. The number of carbonyl (C=O) groups excluding carboxylic acids is 2. The second kappa shape index (κ2) is 9.42. The van der Waals surface area contributed by atoms with Gasteiger partial charge in [0.1, 0.15) is 0 Å². The smallest absolute Gasteiger partial charge is 0.297 e. The van der Waals surface area contributed by atoms with E-state index in [0.717, 1.165) is 19.3 Å². The molecule has 5 heteroatoms. The molecule has 1 atom stereocenters. The number of thiocarbonyl (C=S) groups is 1. The minimum atomic E-state index is -0.517. The van der Waals surface area contributed by atoms with Crippen molar-refractivity contribution in [1.29, 1.82) is 0 Å². The number of benzene rings is 2. The first-order valence-corrected chi connectivity index (χ1v) is 9.70. The molecule has 0 aromatic heterocycles. The Morgan fingerprint density at radius 1 is 1.00 bits per heavy atom. The molecule has 2 aromatic rings. The summed E-state index contributed by atoms with van der Waals surface area (Å²) in [5, 5.41) is 0.482. The molecule has 27 heavy (non-hydrogen) atoms. The fourth-order valence-corrected chi connectivity index (χ4v) is 3.41. The van der Waals surface area contributed by atoms with Crippen LogP contribution in [0.4, 0.5) is 0 Å². The number of hydrogen-bond donors (Lipinski definition) is 0. The van der Waals surface area contributed by atoms with E-state index in [-0.39, 0.29) is 0 Å². The Bertz CT molecular complexity index is 792. The molecule has 2 aromatic carbocycles. The molecule has 140 valence electrons. The average Bonchev–Trinajstić information content (AvgIpc) is 2.73. The van der Waals surface area contributed by atoms with Gasteiger partial charge in [-0.1, -0.05) is 60.7 Å². The standard InChI is InChI=1S/C22H23NO3S/c24-21(18-11-5-2-6-12-18)22(25)23-16-8-7-13-19(23)26-20(27)15-14-17-9-3-1-4-10-17/h1-6,9-12,19H,7-8,13-16H2. The zero-order valence-corrected chi connectivity index (χ0v) is 16.0. The van der Waals surface area contributed by atoms with Crippen molar-refractivity contribution in [3.8, 4) is 0 Å². The summed E-state index contributed by atoms with van der Waals surface area (Å²) in [6.07, 6.45) is 3.47. The molecule has 3 rings (SSSR count). The van der Waals surface area contributed by atoms with Crippen LogP contribution in [0.5, 0.6) is 0 Å². The molecular weight excluding hydrogens is 358 g/mol. The van der Waals surface area contributed by atoms with Gasteiger partial charge in [0, 0.05) is 24.9 Å². The second-order valence-electron chi connectivity index (χ2n) is 6.62. The van der Waals surface area contributed by atoms with Crippen molar-refractivity contribution in [2.45, 2.75) is 38.3 Å². The van der Waals surface area contributed by atoms with Crippen molar-refractivity contribution in [2.24, 2.45) is 0 Å². The number of rotatable bonds is 6. The number of amides is 1. The van der Waals surface area contributed by atoms with Crippen LogP contribution in [0, 0.1) is 0 Å². The number of Topliss-reactive ketones (excluding diaryl/α,β-unsaturated/α-hetero) is 1. The van der Waals surface area contributed by atoms with E-state index in [1.165, 1.54) is 10.5 Å². The summed E-state index contributed by atoms with van der Waals surface area (Å²) in [4.78, 5) is 26.8. The molecule has 1 fully saturated rings. The van der Waals surface area contributed by atoms with Gasteiger partial charge in [0.25, 0.3) is 5.91 Å². The average molecular weight is 381 g/mol. The maximum absolute atomic E-state index is 12.7. The highest BCUT2D eigenvalue weighted by molar-refractivity contribution is 7.80. The molecule has 1 aliphatic heterocycles. The first kappa shape index (κ1) is 19.2. The second-order valence-corrected chi connectivity index (χ2v) is 7.07. The van der Waals surface area contributed by atoms with E-state index in [4.69, 9.17) is 17.0 Å². The van der Waals surface area contributed by atoms with Gasteiger partial charge in [-0.05, 0) is 37.0 Å². The predicted molar refractivity (Wildman–Crippen MR) is 109 cm³/mol. The van der Waals surface area contributed by atoms with Gasteiger partial charge in [-0.3, -0.25) is 9.59 Å². The Kier molecular flexibility index (Phi) is 6.71. The van der Waals surface area contributed by atoms with Gasteiger partial charge < -0.3 is 9.64 Å². The molecule has 1 aliphatic rings. The third-order valence-corrected chi connectivity index (χ3v) is 4.97. The van der Waals surface area contributed by atoms with E-state index in [9.17, 15) is 9.59 Å². The molecular formula is C22H23NO3S. The topological polar surface area (TPSA) is 46.6 Å². The van der Waals surface area contributed by atoms with Crippen LogP contribution < -0.4 is 0 Å². The highest BCUT2D eigenvalue weighted by Gasteiger charge is 2.32. The quantitative estimate of drug-likeness (QED) is 0.428. The van der Waals surface area contributed by atoms with Gasteiger partial charge in [0.15, 0.2) is 11.3 Å². The Balaban J connectivity index is 1.60. The minimum Gasteiger partial charge on any atom is -0.464 e. The van der Waals surface area contributed by atoms with E-state index in [0.29, 0.717) is 30.0 Å². The van der Waals surface area contributed by atoms with Gasteiger partial charge in [-0.25, -0.2) is 0 Å². The molecule has 0 saturated carbocycles. The summed E-state index contributed by atoms with van der Waals surface area (Å²) < 4.78 is 5.92. The summed E-state index contributed by atoms with van der Waals surface area (Å²) in [6, 6.07) is 18.7. The Morgan fingerprint density at radius 2 is 1.67 bits per heavy atom. The van der Waals surface area contributed by atoms with Crippen LogP contribution in [0.2, 0.25) is 0 Å². The molecule has 0 bridgehead atoms. The number of likely N-dealkylation sites (tertiary alicyclic amines) is 1. The van der Waals surface area contributed by atoms with E-state index in [1.54, 1.807) is 24.3 Å². The Hall–Kier alpha value is -2.53. The highest BCUT2D eigenvalue weighted by Crippen LogP contribution is 2.21. The summed E-state index contributed by atoms with van der Waals surface area (Å²) in [7, 11) is 0. The molecule has 1 unspecified atom stereocenters. The lowest BCUT2D eigenvalue weighted by Crippen LogP contribution is -2.48. The molecule has 0 spiro atoms. The summed E-state index contributed by atoms with van der Waals surface area (Å²) >= 11 is 5.39. The van der Waals surface area contributed by atoms with Crippen LogP contribution in [0.25, 0.3) is 0 Å². The first-order chi connectivity index (χ1) is 13.1. The Labute approximate surface area is 165 Å². The summed E-state index contributed by atoms with van der Waals surface area (Å²) in [6.45, 7) is 0.517. The number of nitrogens with zero attached hydrogens (tertiary/aromatic N) is 1. The third-order valence-electron chi connectivity index (χ3n) is 4.67. The largest absolute Gasteiger partial charge is 0.464 e. The van der Waals surface area contributed by atoms with Crippen LogP contribution in [0.1, 0.15) is 41.6 Å². The number of piperidine rings is 1. The van der Waals surface area contributed by atoms with Gasteiger partial charge >= 0.3 is 0 Å².